The largest absolute Gasteiger partial charge is 0.296 e. The number of hydrogen-bond donors (Lipinski definition) is 1. The van der Waals surface area contributed by atoms with Gasteiger partial charge in [0, 0.05) is 12.1 Å². The molecule has 1 aromatic heterocycles. The quantitative estimate of drug-likeness (QED) is 0.670. The zero-order valence-corrected chi connectivity index (χ0v) is 12.0. The lowest BCUT2D eigenvalue weighted by atomic mass is 9.77. The third kappa shape index (κ3) is 2.69. The molecule has 3 rings (SSSR count). The van der Waals surface area contributed by atoms with Crippen molar-refractivity contribution in [1.82, 2.24) is 5.32 Å². The molecule has 0 unspecified atom stereocenters. The minimum Gasteiger partial charge on any atom is -0.289 e. The second-order valence-electron chi connectivity index (χ2n) is 5.31. The average Bonchev–Trinajstić information content (AvgIpc) is 2.56. The predicted octanol–water partition coefficient (Wildman–Crippen LogP) is 1.23. The van der Waals surface area contributed by atoms with Crippen molar-refractivity contribution in [2.75, 3.05) is 0 Å². The number of pyridine rings is 1. The van der Waals surface area contributed by atoms with Crippen LogP contribution in [0.15, 0.2) is 54.9 Å². The van der Waals surface area contributed by atoms with Gasteiger partial charge >= 0.3 is 0 Å². The van der Waals surface area contributed by atoms with E-state index in [0.717, 1.165) is 0 Å². The lowest BCUT2D eigenvalue weighted by Gasteiger charge is -2.29. The Labute approximate surface area is 132 Å². The summed E-state index contributed by atoms with van der Waals surface area (Å²) in [6, 6.07) is 12.0. The summed E-state index contributed by atoms with van der Waals surface area (Å²) in [6.07, 6.45) is 3.40. The molecule has 2 heterocycles. The Hall–Kier alpha value is -3.07. The molecule has 1 aliphatic heterocycles. The van der Waals surface area contributed by atoms with Crippen LogP contribution in [0.1, 0.15) is 17.5 Å². The fourth-order valence-corrected chi connectivity index (χ4v) is 2.90. The minimum absolute atomic E-state index is 0.419. The molecular weight excluding hydrogens is 297 g/mol. The van der Waals surface area contributed by atoms with Gasteiger partial charge < -0.3 is 0 Å². The molecule has 0 aliphatic carbocycles. The Kier molecular flexibility index (Phi) is 3.85. The molecule has 1 N–H and O–H groups in total. The van der Waals surface area contributed by atoms with E-state index in [1.165, 1.54) is 24.3 Å². The van der Waals surface area contributed by atoms with E-state index in [1.807, 2.05) is 6.07 Å². The van der Waals surface area contributed by atoms with Gasteiger partial charge in [0.25, 0.3) is 5.91 Å². The standard InChI is InChI=1S/C17H12FN3O2/c18-12-6-4-11(5-7-12)14-13(10-19)16(22)20-17(23)15(14)21-8-2-1-3-9-21/h1-9,13-15H/p+1/t13-,14-,15+/m0/s1. The Morgan fingerprint density at radius 1 is 1.04 bits per heavy atom. The third-order valence-electron chi connectivity index (χ3n) is 3.95. The van der Waals surface area contributed by atoms with E-state index in [0.29, 0.717) is 5.56 Å². The first-order chi connectivity index (χ1) is 11.1. The smallest absolute Gasteiger partial charge is 0.289 e. The van der Waals surface area contributed by atoms with Crippen LogP contribution >= 0.6 is 0 Å². The van der Waals surface area contributed by atoms with Crippen molar-refractivity contribution in [2.45, 2.75) is 12.0 Å². The molecule has 1 aromatic carbocycles. The molecule has 6 heteroatoms. The van der Waals surface area contributed by atoms with Crippen molar-refractivity contribution in [3.63, 3.8) is 0 Å². The number of nitriles is 1. The first-order valence-corrected chi connectivity index (χ1v) is 7.07. The first kappa shape index (κ1) is 14.9. The Balaban J connectivity index is 2.13. The van der Waals surface area contributed by atoms with Gasteiger partial charge in [0.2, 0.25) is 11.9 Å². The summed E-state index contributed by atoms with van der Waals surface area (Å²) < 4.78 is 14.8. The molecular formula is C17H13FN3O2+. The molecule has 114 valence electrons. The summed E-state index contributed by atoms with van der Waals surface area (Å²) in [4.78, 5) is 24.4. The maximum absolute atomic E-state index is 13.2. The van der Waals surface area contributed by atoms with Crippen LogP contribution in [0.3, 0.4) is 0 Å². The van der Waals surface area contributed by atoms with E-state index in [1.54, 1.807) is 35.2 Å². The number of amides is 2. The number of rotatable bonds is 2. The maximum Gasteiger partial charge on any atom is 0.296 e. The van der Waals surface area contributed by atoms with Crippen molar-refractivity contribution >= 4 is 11.8 Å². The van der Waals surface area contributed by atoms with Crippen LogP contribution in [-0.2, 0) is 9.59 Å². The zero-order valence-electron chi connectivity index (χ0n) is 12.0. The van der Waals surface area contributed by atoms with Gasteiger partial charge in [0.15, 0.2) is 12.4 Å². The van der Waals surface area contributed by atoms with E-state index < -0.39 is 35.5 Å². The fraction of sp³-hybridized carbons (Fsp3) is 0.176. The highest BCUT2D eigenvalue weighted by Gasteiger charge is 2.50. The fourth-order valence-electron chi connectivity index (χ4n) is 2.90. The lowest BCUT2D eigenvalue weighted by Crippen LogP contribution is -2.59. The van der Waals surface area contributed by atoms with Crippen LogP contribution < -0.4 is 9.88 Å². The van der Waals surface area contributed by atoms with Gasteiger partial charge in [0.1, 0.15) is 11.7 Å². The molecule has 2 amide bonds. The molecule has 0 bridgehead atoms. The maximum atomic E-state index is 13.2. The van der Waals surface area contributed by atoms with Gasteiger partial charge in [-0.05, 0) is 17.7 Å². The molecule has 1 saturated heterocycles. The Morgan fingerprint density at radius 3 is 2.30 bits per heavy atom. The molecule has 3 atom stereocenters. The number of piperidine rings is 1. The average molecular weight is 310 g/mol. The lowest BCUT2D eigenvalue weighted by molar-refractivity contribution is -0.713. The summed E-state index contributed by atoms with van der Waals surface area (Å²) in [6.45, 7) is 0. The van der Waals surface area contributed by atoms with E-state index in [4.69, 9.17) is 0 Å². The summed E-state index contributed by atoms with van der Waals surface area (Å²) in [7, 11) is 0. The molecule has 0 saturated carbocycles. The van der Waals surface area contributed by atoms with Gasteiger partial charge in [0.05, 0.1) is 12.0 Å². The summed E-state index contributed by atoms with van der Waals surface area (Å²) in [5.74, 6) is -3.24. The topological polar surface area (TPSA) is 73.8 Å². The number of benzene rings is 1. The van der Waals surface area contributed by atoms with Gasteiger partial charge in [-0.15, -0.1) is 0 Å². The second-order valence-corrected chi connectivity index (χ2v) is 5.31. The Bertz CT molecular complexity index is 784. The molecule has 5 nitrogen and oxygen atoms in total. The molecule has 23 heavy (non-hydrogen) atoms. The van der Waals surface area contributed by atoms with Crippen LogP contribution in [-0.4, -0.2) is 11.8 Å². The number of aromatic nitrogens is 1. The zero-order chi connectivity index (χ0) is 16.4. The second kappa shape index (κ2) is 5.97. The number of nitrogens with zero attached hydrogens (tertiary/aromatic N) is 2. The summed E-state index contributed by atoms with van der Waals surface area (Å²) in [5.41, 5.74) is 0.572. The van der Waals surface area contributed by atoms with Crippen LogP contribution in [0.4, 0.5) is 4.39 Å². The monoisotopic (exact) mass is 310 g/mol. The van der Waals surface area contributed by atoms with Crippen molar-refractivity contribution in [3.05, 3.63) is 66.2 Å². The van der Waals surface area contributed by atoms with E-state index in [2.05, 4.69) is 5.32 Å². The van der Waals surface area contributed by atoms with Crippen molar-refractivity contribution in [3.8, 4) is 6.07 Å². The number of carbonyl (C=O) groups excluding carboxylic acids is 2. The highest BCUT2D eigenvalue weighted by molar-refractivity contribution is 6.02. The molecule has 1 fully saturated rings. The third-order valence-corrected chi connectivity index (χ3v) is 3.95. The van der Waals surface area contributed by atoms with E-state index in [9.17, 15) is 19.2 Å². The molecule has 2 aromatic rings. The van der Waals surface area contributed by atoms with Crippen LogP contribution in [0, 0.1) is 23.1 Å². The first-order valence-electron chi connectivity index (χ1n) is 7.07. The number of nitrogens with one attached hydrogen (secondary N) is 1. The minimum atomic E-state index is -1.03. The summed E-state index contributed by atoms with van der Waals surface area (Å²) in [5, 5.41) is 11.6. The van der Waals surface area contributed by atoms with Gasteiger partial charge in [-0.3, -0.25) is 14.9 Å². The highest BCUT2D eigenvalue weighted by atomic mass is 19.1. The van der Waals surface area contributed by atoms with Gasteiger partial charge in [-0.1, -0.05) is 18.2 Å². The summed E-state index contributed by atoms with van der Waals surface area (Å²) >= 11 is 0. The van der Waals surface area contributed by atoms with Crippen LogP contribution in [0.25, 0.3) is 0 Å². The van der Waals surface area contributed by atoms with Crippen molar-refractivity contribution < 1.29 is 18.5 Å². The molecule has 1 aliphatic rings. The van der Waals surface area contributed by atoms with Gasteiger partial charge in [-0.2, -0.15) is 9.83 Å². The molecule has 0 radical (unpaired) electrons. The molecule has 0 spiro atoms. The van der Waals surface area contributed by atoms with Crippen molar-refractivity contribution in [1.29, 1.82) is 5.26 Å². The number of carbonyl (C=O) groups is 2. The van der Waals surface area contributed by atoms with Crippen LogP contribution in [0.2, 0.25) is 0 Å². The normalized spacial score (nSPS) is 23.9. The predicted molar refractivity (Wildman–Crippen MR) is 77.1 cm³/mol. The number of halogens is 1. The van der Waals surface area contributed by atoms with E-state index in [-0.39, 0.29) is 0 Å². The Morgan fingerprint density at radius 2 is 1.70 bits per heavy atom. The van der Waals surface area contributed by atoms with Crippen molar-refractivity contribution in [2.24, 2.45) is 5.92 Å². The SMILES string of the molecule is N#C[C@@H]1C(=O)NC(=O)[C@H]([n+]2ccccc2)[C@H]1c1ccc(F)cc1. The van der Waals surface area contributed by atoms with Gasteiger partial charge in [-0.25, -0.2) is 4.39 Å². The number of hydrogen-bond acceptors (Lipinski definition) is 3. The highest BCUT2D eigenvalue weighted by Crippen LogP contribution is 2.35. The van der Waals surface area contributed by atoms with Crippen LogP contribution in [0.5, 0.6) is 0 Å². The van der Waals surface area contributed by atoms with E-state index >= 15 is 0 Å². The number of imide groups is 1.